The van der Waals surface area contributed by atoms with Crippen LogP contribution in [0.5, 0.6) is 5.75 Å². The van der Waals surface area contributed by atoms with Gasteiger partial charge >= 0.3 is 0 Å². The van der Waals surface area contributed by atoms with Gasteiger partial charge < -0.3 is 14.5 Å². The highest BCUT2D eigenvalue weighted by atomic mass is 32.1. The van der Waals surface area contributed by atoms with Gasteiger partial charge in [-0.15, -0.1) is 0 Å². The van der Waals surface area contributed by atoms with Crippen molar-refractivity contribution in [1.82, 2.24) is 5.32 Å². The molecule has 2 aromatic rings. The molecule has 2 N–H and O–H groups in total. The fraction of sp³-hybridized carbons (Fsp3) is 0.250. The van der Waals surface area contributed by atoms with Crippen LogP contribution in [0.15, 0.2) is 47.1 Å². The van der Waals surface area contributed by atoms with Crippen LogP contribution in [0.3, 0.4) is 0 Å². The van der Waals surface area contributed by atoms with Crippen molar-refractivity contribution < 1.29 is 13.9 Å². The van der Waals surface area contributed by atoms with Crippen molar-refractivity contribution in [2.24, 2.45) is 0 Å². The van der Waals surface area contributed by atoms with Crippen molar-refractivity contribution in [3.8, 4) is 5.75 Å². The standard InChI is InChI=1S/C16H18N2O3S/c1-2-3-10-20-13-8-5-4-7-12(13)17-16(22)18-15(19)14-9-6-11-21-14/h4-9,11H,2-3,10H2,1H3,(H2,17,18,19,22). The van der Waals surface area contributed by atoms with Crippen LogP contribution in [-0.2, 0) is 0 Å². The maximum atomic E-state index is 11.8. The summed E-state index contributed by atoms with van der Waals surface area (Å²) in [6, 6.07) is 10.7. The van der Waals surface area contributed by atoms with Gasteiger partial charge in [0.1, 0.15) is 5.75 Å². The van der Waals surface area contributed by atoms with E-state index in [0.717, 1.165) is 12.8 Å². The normalized spacial score (nSPS) is 10.0. The topological polar surface area (TPSA) is 63.5 Å². The monoisotopic (exact) mass is 318 g/mol. The average Bonchev–Trinajstić information content (AvgIpc) is 3.03. The number of furan rings is 1. The van der Waals surface area contributed by atoms with Gasteiger partial charge in [0.2, 0.25) is 0 Å². The molecule has 0 fully saturated rings. The van der Waals surface area contributed by atoms with Crippen LogP contribution in [0.4, 0.5) is 5.69 Å². The van der Waals surface area contributed by atoms with E-state index in [1.54, 1.807) is 12.1 Å². The number of amides is 1. The molecule has 1 aromatic heterocycles. The summed E-state index contributed by atoms with van der Waals surface area (Å²) in [4.78, 5) is 11.8. The lowest BCUT2D eigenvalue weighted by Gasteiger charge is -2.13. The molecular weight excluding hydrogens is 300 g/mol. The average molecular weight is 318 g/mol. The van der Waals surface area contributed by atoms with Crippen LogP contribution in [0.25, 0.3) is 0 Å². The fourth-order valence-corrected chi connectivity index (χ4v) is 1.95. The number of benzene rings is 1. The number of carbonyl (C=O) groups excluding carboxylic acids is 1. The van der Waals surface area contributed by atoms with Crippen LogP contribution in [0.1, 0.15) is 30.3 Å². The summed E-state index contributed by atoms with van der Waals surface area (Å²) >= 11 is 5.14. The number of rotatable bonds is 6. The number of unbranched alkanes of at least 4 members (excludes halogenated alkanes) is 1. The van der Waals surface area contributed by atoms with Crippen LogP contribution in [0.2, 0.25) is 0 Å². The molecule has 0 atom stereocenters. The zero-order chi connectivity index (χ0) is 15.8. The third-order valence-corrected chi connectivity index (χ3v) is 3.07. The first-order chi connectivity index (χ1) is 10.7. The fourth-order valence-electron chi connectivity index (χ4n) is 1.75. The summed E-state index contributed by atoms with van der Waals surface area (Å²) in [6.45, 7) is 2.74. The molecule has 5 nitrogen and oxygen atoms in total. The minimum atomic E-state index is -0.396. The Morgan fingerprint density at radius 3 is 2.82 bits per heavy atom. The number of nitrogens with one attached hydrogen (secondary N) is 2. The predicted molar refractivity (Wildman–Crippen MR) is 89.2 cm³/mol. The Labute approximate surface area is 134 Å². The lowest BCUT2D eigenvalue weighted by atomic mass is 10.3. The van der Waals surface area contributed by atoms with E-state index in [2.05, 4.69) is 17.6 Å². The van der Waals surface area contributed by atoms with E-state index in [0.29, 0.717) is 18.0 Å². The summed E-state index contributed by atoms with van der Waals surface area (Å²) in [7, 11) is 0. The second kappa shape index (κ2) is 8.19. The van der Waals surface area contributed by atoms with Crippen molar-refractivity contribution in [2.75, 3.05) is 11.9 Å². The van der Waals surface area contributed by atoms with Gasteiger partial charge in [-0.05, 0) is 42.9 Å². The molecule has 0 aliphatic carbocycles. The first-order valence-electron chi connectivity index (χ1n) is 7.08. The van der Waals surface area contributed by atoms with E-state index in [1.165, 1.54) is 6.26 Å². The molecule has 1 amide bonds. The number of carbonyl (C=O) groups is 1. The van der Waals surface area contributed by atoms with E-state index < -0.39 is 5.91 Å². The molecule has 0 aliphatic rings. The Balaban J connectivity index is 1.95. The summed E-state index contributed by atoms with van der Waals surface area (Å²) in [5, 5.41) is 5.71. The maximum absolute atomic E-state index is 11.8. The third kappa shape index (κ3) is 4.60. The van der Waals surface area contributed by atoms with E-state index in [4.69, 9.17) is 21.4 Å². The zero-order valence-electron chi connectivity index (χ0n) is 12.3. The van der Waals surface area contributed by atoms with Gasteiger partial charge in [-0.25, -0.2) is 0 Å². The summed E-state index contributed by atoms with van der Waals surface area (Å²) in [6.07, 6.45) is 3.48. The number of hydrogen-bond acceptors (Lipinski definition) is 4. The Bertz CT molecular complexity index is 626. The second-order valence-corrected chi connectivity index (χ2v) is 4.99. The van der Waals surface area contributed by atoms with E-state index in [-0.39, 0.29) is 10.9 Å². The molecule has 2 rings (SSSR count). The number of ether oxygens (including phenoxy) is 1. The summed E-state index contributed by atoms with van der Waals surface area (Å²) in [5.74, 6) is 0.508. The van der Waals surface area contributed by atoms with Crippen LogP contribution in [-0.4, -0.2) is 17.6 Å². The van der Waals surface area contributed by atoms with Crippen molar-refractivity contribution >= 4 is 28.9 Å². The van der Waals surface area contributed by atoms with Gasteiger partial charge in [0.05, 0.1) is 18.6 Å². The second-order valence-electron chi connectivity index (χ2n) is 4.58. The van der Waals surface area contributed by atoms with Gasteiger partial charge in [-0.2, -0.15) is 0 Å². The van der Waals surface area contributed by atoms with Crippen LogP contribution in [0, 0.1) is 0 Å². The lowest BCUT2D eigenvalue weighted by molar-refractivity contribution is 0.0950. The molecule has 1 heterocycles. The number of hydrogen-bond donors (Lipinski definition) is 2. The highest BCUT2D eigenvalue weighted by Gasteiger charge is 2.11. The molecule has 0 bridgehead atoms. The van der Waals surface area contributed by atoms with Crippen LogP contribution >= 0.6 is 12.2 Å². The van der Waals surface area contributed by atoms with Gasteiger partial charge in [-0.1, -0.05) is 25.5 Å². The Morgan fingerprint density at radius 2 is 2.09 bits per heavy atom. The number of thiocarbonyl (C=S) groups is 1. The maximum Gasteiger partial charge on any atom is 0.293 e. The van der Waals surface area contributed by atoms with Crippen LogP contribution < -0.4 is 15.4 Å². The lowest BCUT2D eigenvalue weighted by Crippen LogP contribution is -2.34. The Morgan fingerprint density at radius 1 is 1.27 bits per heavy atom. The SMILES string of the molecule is CCCCOc1ccccc1NC(=S)NC(=O)c1ccco1. The zero-order valence-corrected chi connectivity index (χ0v) is 13.1. The highest BCUT2D eigenvalue weighted by molar-refractivity contribution is 7.80. The molecular formula is C16H18N2O3S. The van der Waals surface area contributed by atoms with Gasteiger partial charge in [-0.3, -0.25) is 10.1 Å². The van der Waals surface area contributed by atoms with E-state index >= 15 is 0 Å². The summed E-state index contributed by atoms with van der Waals surface area (Å²) < 4.78 is 10.7. The largest absolute Gasteiger partial charge is 0.491 e. The van der Waals surface area contributed by atoms with Crippen molar-refractivity contribution in [3.63, 3.8) is 0 Å². The molecule has 116 valence electrons. The molecule has 22 heavy (non-hydrogen) atoms. The minimum Gasteiger partial charge on any atom is -0.491 e. The van der Waals surface area contributed by atoms with Crippen molar-refractivity contribution in [1.29, 1.82) is 0 Å². The van der Waals surface area contributed by atoms with Crippen molar-refractivity contribution in [2.45, 2.75) is 19.8 Å². The number of para-hydroxylation sites is 2. The Hall–Kier alpha value is -2.34. The molecule has 0 radical (unpaired) electrons. The molecule has 6 heteroatoms. The highest BCUT2D eigenvalue weighted by Crippen LogP contribution is 2.23. The molecule has 0 aliphatic heterocycles. The molecule has 0 spiro atoms. The van der Waals surface area contributed by atoms with Gasteiger partial charge in [0, 0.05) is 0 Å². The molecule has 0 saturated heterocycles. The molecule has 0 saturated carbocycles. The molecule has 0 unspecified atom stereocenters. The van der Waals surface area contributed by atoms with Gasteiger partial charge in [0.25, 0.3) is 5.91 Å². The smallest absolute Gasteiger partial charge is 0.293 e. The first kappa shape index (κ1) is 16.0. The van der Waals surface area contributed by atoms with E-state index in [9.17, 15) is 4.79 Å². The van der Waals surface area contributed by atoms with Gasteiger partial charge in [0.15, 0.2) is 10.9 Å². The first-order valence-corrected chi connectivity index (χ1v) is 7.49. The number of anilines is 1. The third-order valence-electron chi connectivity index (χ3n) is 2.86. The quantitative estimate of drug-likeness (QED) is 0.629. The minimum absolute atomic E-state index is 0.188. The molecule has 1 aromatic carbocycles. The Kier molecular flexibility index (Phi) is 5.97. The predicted octanol–water partition coefficient (Wildman–Crippen LogP) is 3.59. The van der Waals surface area contributed by atoms with E-state index in [1.807, 2.05) is 24.3 Å². The summed E-state index contributed by atoms with van der Waals surface area (Å²) in [5.41, 5.74) is 0.711. The van der Waals surface area contributed by atoms with Crippen molar-refractivity contribution in [3.05, 3.63) is 48.4 Å².